The fourth-order valence-corrected chi connectivity index (χ4v) is 3.39. The predicted molar refractivity (Wildman–Crippen MR) is 90.1 cm³/mol. The fraction of sp³-hybridized carbons (Fsp3) is 0.368. The van der Waals surface area contributed by atoms with E-state index < -0.39 is 0 Å². The quantitative estimate of drug-likeness (QED) is 0.920. The van der Waals surface area contributed by atoms with E-state index >= 15 is 0 Å². The maximum atomic E-state index is 3.49. The van der Waals surface area contributed by atoms with E-state index in [2.05, 4.69) is 73.6 Å². The molecule has 0 amide bonds. The molecule has 2 aromatic carbocycles. The van der Waals surface area contributed by atoms with E-state index in [1.807, 2.05) is 0 Å². The molecule has 0 saturated carbocycles. The molecule has 2 nitrogen and oxygen atoms in total. The van der Waals surface area contributed by atoms with Gasteiger partial charge in [0.05, 0.1) is 0 Å². The highest BCUT2D eigenvalue weighted by molar-refractivity contribution is 5.58. The van der Waals surface area contributed by atoms with Crippen LogP contribution in [0.15, 0.2) is 42.5 Å². The van der Waals surface area contributed by atoms with Crippen molar-refractivity contribution in [2.45, 2.75) is 26.3 Å². The third-order valence-corrected chi connectivity index (χ3v) is 4.38. The second kappa shape index (κ2) is 5.90. The highest BCUT2D eigenvalue weighted by Crippen LogP contribution is 2.29. The van der Waals surface area contributed by atoms with Gasteiger partial charge in [-0.15, -0.1) is 0 Å². The minimum absolute atomic E-state index is 0.370. The first-order valence-electron chi connectivity index (χ1n) is 7.75. The average molecular weight is 280 g/mol. The number of anilines is 1. The van der Waals surface area contributed by atoms with Crippen LogP contribution >= 0.6 is 0 Å². The lowest BCUT2D eigenvalue weighted by molar-refractivity contribution is 0.579. The number of rotatable bonds is 4. The first-order chi connectivity index (χ1) is 10.2. The summed E-state index contributed by atoms with van der Waals surface area (Å²) >= 11 is 0. The summed E-state index contributed by atoms with van der Waals surface area (Å²) < 4.78 is 0. The van der Waals surface area contributed by atoms with Crippen LogP contribution in [0.2, 0.25) is 0 Å². The molecule has 0 saturated heterocycles. The van der Waals surface area contributed by atoms with Crippen molar-refractivity contribution in [1.29, 1.82) is 0 Å². The van der Waals surface area contributed by atoms with Crippen molar-refractivity contribution in [3.8, 4) is 0 Å². The maximum absolute atomic E-state index is 3.49. The van der Waals surface area contributed by atoms with Gasteiger partial charge in [-0.05, 0) is 44.5 Å². The van der Waals surface area contributed by atoms with Gasteiger partial charge in [0.1, 0.15) is 0 Å². The molecule has 1 N–H and O–H groups in total. The first-order valence-corrected chi connectivity index (χ1v) is 7.75. The van der Waals surface area contributed by atoms with E-state index in [1.165, 1.54) is 34.4 Å². The number of benzene rings is 2. The number of fused-ring (bicyclic) bond motifs is 1. The van der Waals surface area contributed by atoms with Crippen LogP contribution in [0.5, 0.6) is 0 Å². The van der Waals surface area contributed by atoms with E-state index in [0.29, 0.717) is 6.04 Å². The lowest BCUT2D eigenvalue weighted by Gasteiger charge is -2.26. The van der Waals surface area contributed by atoms with Crippen LogP contribution in [-0.2, 0) is 6.42 Å². The topological polar surface area (TPSA) is 15.3 Å². The second-order valence-electron chi connectivity index (χ2n) is 6.09. The van der Waals surface area contributed by atoms with Gasteiger partial charge in [0.25, 0.3) is 0 Å². The van der Waals surface area contributed by atoms with Gasteiger partial charge in [-0.2, -0.15) is 0 Å². The van der Waals surface area contributed by atoms with Crippen LogP contribution in [0, 0.1) is 13.8 Å². The van der Waals surface area contributed by atoms with Gasteiger partial charge in [-0.25, -0.2) is 0 Å². The molecular formula is C19H24N2. The Kier molecular flexibility index (Phi) is 3.98. The molecule has 1 aliphatic heterocycles. The molecule has 21 heavy (non-hydrogen) atoms. The van der Waals surface area contributed by atoms with Gasteiger partial charge >= 0.3 is 0 Å². The molecule has 0 aromatic heterocycles. The smallest absolute Gasteiger partial charge is 0.0496 e. The highest BCUT2D eigenvalue weighted by atomic mass is 15.2. The maximum Gasteiger partial charge on any atom is 0.0496 e. The largest absolute Gasteiger partial charge is 0.369 e. The molecule has 1 heterocycles. The third-order valence-electron chi connectivity index (χ3n) is 4.38. The van der Waals surface area contributed by atoms with Crippen molar-refractivity contribution < 1.29 is 0 Å². The summed E-state index contributed by atoms with van der Waals surface area (Å²) in [4.78, 5) is 2.51. The summed E-state index contributed by atoms with van der Waals surface area (Å²) in [6.45, 7) is 6.50. The summed E-state index contributed by atoms with van der Waals surface area (Å²) in [6, 6.07) is 16.0. The first kappa shape index (κ1) is 14.2. The van der Waals surface area contributed by atoms with Gasteiger partial charge < -0.3 is 10.2 Å². The summed E-state index contributed by atoms with van der Waals surface area (Å²) in [5.41, 5.74) is 6.95. The number of nitrogens with zero attached hydrogens (tertiary/aromatic N) is 1. The van der Waals surface area contributed by atoms with E-state index in [9.17, 15) is 0 Å². The van der Waals surface area contributed by atoms with Crippen molar-refractivity contribution in [3.63, 3.8) is 0 Å². The van der Waals surface area contributed by atoms with Gasteiger partial charge in [0.2, 0.25) is 0 Å². The summed E-state index contributed by atoms with van der Waals surface area (Å²) in [6.07, 6.45) is 1.17. The Morgan fingerprint density at radius 3 is 2.52 bits per heavy atom. The molecule has 0 spiro atoms. The Morgan fingerprint density at radius 2 is 1.81 bits per heavy atom. The molecule has 0 bridgehead atoms. The third kappa shape index (κ3) is 2.96. The zero-order valence-electron chi connectivity index (χ0n) is 13.2. The molecule has 1 atom stereocenters. The molecule has 0 radical (unpaired) electrons. The molecule has 110 valence electrons. The normalized spacial score (nSPS) is 15.1. The Labute approximate surface area is 127 Å². The zero-order valence-corrected chi connectivity index (χ0v) is 13.2. The van der Waals surface area contributed by atoms with Crippen LogP contribution in [0.25, 0.3) is 0 Å². The number of para-hydroxylation sites is 1. The fourth-order valence-electron chi connectivity index (χ4n) is 3.39. The van der Waals surface area contributed by atoms with Crippen LogP contribution in [-0.4, -0.2) is 20.1 Å². The number of nitrogens with one attached hydrogen (secondary N) is 1. The minimum Gasteiger partial charge on any atom is -0.369 e. The van der Waals surface area contributed by atoms with Crippen molar-refractivity contribution >= 4 is 5.69 Å². The number of likely N-dealkylation sites (N-methyl/N-ethyl adjacent to an activating group) is 1. The van der Waals surface area contributed by atoms with E-state index in [-0.39, 0.29) is 0 Å². The van der Waals surface area contributed by atoms with Crippen LogP contribution in [0.1, 0.15) is 28.3 Å². The second-order valence-corrected chi connectivity index (χ2v) is 6.09. The summed E-state index contributed by atoms with van der Waals surface area (Å²) in [5.74, 6) is 0. The monoisotopic (exact) mass is 280 g/mol. The molecular weight excluding hydrogens is 256 g/mol. The Morgan fingerprint density at radius 1 is 1.10 bits per heavy atom. The molecule has 1 unspecified atom stereocenters. The summed E-state index contributed by atoms with van der Waals surface area (Å²) in [7, 11) is 2.06. The van der Waals surface area contributed by atoms with Crippen molar-refractivity contribution in [2.24, 2.45) is 0 Å². The predicted octanol–water partition coefficient (Wildman–Crippen LogP) is 3.63. The van der Waals surface area contributed by atoms with E-state index in [0.717, 1.165) is 13.1 Å². The van der Waals surface area contributed by atoms with Gasteiger partial charge in [-0.3, -0.25) is 0 Å². The molecule has 2 heteroatoms. The Bertz CT molecular complexity index is 613. The zero-order chi connectivity index (χ0) is 14.8. The van der Waals surface area contributed by atoms with Gasteiger partial charge in [0.15, 0.2) is 0 Å². The van der Waals surface area contributed by atoms with Gasteiger partial charge in [0, 0.05) is 24.8 Å². The SMILES string of the molecule is CNC(CN1CCc2ccccc21)c1cc(C)cc(C)c1. The van der Waals surface area contributed by atoms with Crippen molar-refractivity contribution in [2.75, 3.05) is 25.0 Å². The highest BCUT2D eigenvalue weighted by Gasteiger charge is 2.21. The molecule has 2 aromatic rings. The lowest BCUT2D eigenvalue weighted by Crippen LogP contribution is -2.32. The van der Waals surface area contributed by atoms with Crippen LogP contribution in [0.3, 0.4) is 0 Å². The lowest BCUT2D eigenvalue weighted by atomic mass is 10.0. The van der Waals surface area contributed by atoms with Crippen LogP contribution < -0.4 is 10.2 Å². The Balaban J connectivity index is 1.82. The molecule has 1 aliphatic rings. The van der Waals surface area contributed by atoms with Crippen LogP contribution in [0.4, 0.5) is 5.69 Å². The van der Waals surface area contributed by atoms with E-state index in [1.54, 1.807) is 0 Å². The van der Waals surface area contributed by atoms with E-state index in [4.69, 9.17) is 0 Å². The van der Waals surface area contributed by atoms with Crippen molar-refractivity contribution in [1.82, 2.24) is 5.32 Å². The van der Waals surface area contributed by atoms with Gasteiger partial charge in [-0.1, -0.05) is 47.5 Å². The minimum atomic E-state index is 0.370. The number of hydrogen-bond donors (Lipinski definition) is 1. The average Bonchev–Trinajstić information content (AvgIpc) is 2.87. The summed E-state index contributed by atoms with van der Waals surface area (Å²) in [5, 5.41) is 3.49. The number of hydrogen-bond acceptors (Lipinski definition) is 2. The number of aryl methyl sites for hydroxylation is 2. The standard InChI is InChI=1S/C19H24N2/c1-14-10-15(2)12-17(11-14)18(20-3)13-21-9-8-16-6-4-5-7-19(16)21/h4-7,10-12,18,20H,8-9,13H2,1-3H3. The molecule has 3 rings (SSSR count). The van der Waals surface area contributed by atoms with Crippen molar-refractivity contribution in [3.05, 3.63) is 64.7 Å². The molecule has 0 fully saturated rings. The molecule has 0 aliphatic carbocycles. The Hall–Kier alpha value is -1.80.